The summed E-state index contributed by atoms with van der Waals surface area (Å²) in [5.41, 5.74) is -1.66. The zero-order chi connectivity index (χ0) is 21.2. The molecule has 0 unspecified atom stereocenters. The van der Waals surface area contributed by atoms with Gasteiger partial charge in [-0.1, -0.05) is 0 Å². The van der Waals surface area contributed by atoms with Crippen molar-refractivity contribution in [2.45, 2.75) is 26.4 Å². The molecule has 29 heavy (non-hydrogen) atoms. The van der Waals surface area contributed by atoms with Crippen LogP contribution in [0.25, 0.3) is 33.6 Å². The maximum atomic E-state index is 13.1. The number of aliphatic hydroxyl groups excluding tert-OH is 1. The van der Waals surface area contributed by atoms with E-state index in [1.165, 1.54) is 23.6 Å². The molecule has 0 spiro atoms. The van der Waals surface area contributed by atoms with Gasteiger partial charge in [-0.15, -0.1) is 0 Å². The highest BCUT2D eigenvalue weighted by molar-refractivity contribution is 6.04. The van der Waals surface area contributed by atoms with Gasteiger partial charge in [0.05, 0.1) is 10.9 Å². The first-order valence-electron chi connectivity index (χ1n) is 9.01. The molecule has 0 radical (unpaired) electrons. The summed E-state index contributed by atoms with van der Waals surface area (Å²) in [7, 11) is 1.57. The largest absolute Gasteiger partial charge is 0.512 e. The summed E-state index contributed by atoms with van der Waals surface area (Å²) < 4.78 is 7.35. The molecular weight excluding hydrogens is 374 g/mol. The molecule has 3 aromatic rings. The summed E-state index contributed by atoms with van der Waals surface area (Å²) in [6.45, 7) is 4.94. The van der Waals surface area contributed by atoms with Crippen molar-refractivity contribution >= 4 is 33.6 Å². The summed E-state index contributed by atoms with van der Waals surface area (Å²) in [6.07, 6.45) is 3.60. The fourth-order valence-electron chi connectivity index (χ4n) is 3.85. The smallest absolute Gasteiger partial charge is 0.217 e. The van der Waals surface area contributed by atoms with Gasteiger partial charge in [0.15, 0.2) is 10.9 Å². The third-order valence-corrected chi connectivity index (χ3v) is 5.16. The Balaban J connectivity index is 2.39. The summed E-state index contributed by atoms with van der Waals surface area (Å²) in [5.74, 6) is -0.471. The van der Waals surface area contributed by atoms with E-state index < -0.39 is 33.4 Å². The predicted molar refractivity (Wildman–Crippen MR) is 112 cm³/mol. The summed E-state index contributed by atoms with van der Waals surface area (Å²) in [5, 5.41) is 20.5. The van der Waals surface area contributed by atoms with E-state index in [4.69, 9.17) is 4.74 Å². The van der Waals surface area contributed by atoms with Crippen LogP contribution < -0.4 is 26.2 Å². The molecule has 1 aliphatic heterocycles. The number of pyridine rings is 1. The first-order valence-corrected chi connectivity index (χ1v) is 9.01. The molecular formula is C22H19NO6. The lowest BCUT2D eigenvalue weighted by atomic mass is 9.98. The van der Waals surface area contributed by atoms with Crippen LogP contribution in [-0.2, 0) is 7.05 Å². The quantitative estimate of drug-likeness (QED) is 0.602. The second-order valence-corrected chi connectivity index (χ2v) is 7.71. The third-order valence-electron chi connectivity index (χ3n) is 5.16. The molecule has 7 heteroatoms. The van der Waals surface area contributed by atoms with E-state index in [1.807, 2.05) is 19.9 Å². The fraction of sp³-hybridized carbons (Fsp3) is 0.227. The van der Waals surface area contributed by atoms with Crippen LogP contribution in [0.3, 0.4) is 0 Å². The Bertz CT molecular complexity index is 1490. The summed E-state index contributed by atoms with van der Waals surface area (Å²) in [4.78, 5) is 38.3. The number of rotatable bonds is 0. The van der Waals surface area contributed by atoms with Gasteiger partial charge in [-0.25, -0.2) is 0 Å². The molecule has 1 aliphatic rings. The summed E-state index contributed by atoms with van der Waals surface area (Å²) in [6, 6.07) is 3.69. The van der Waals surface area contributed by atoms with Crippen LogP contribution in [0.1, 0.15) is 26.3 Å². The third kappa shape index (κ3) is 2.61. The molecule has 0 saturated carbocycles. The highest BCUT2D eigenvalue weighted by atomic mass is 16.5. The number of aryl methyl sites for hydroxylation is 1. The minimum Gasteiger partial charge on any atom is -0.512 e. The number of aromatic nitrogens is 1. The Morgan fingerprint density at radius 3 is 2.45 bits per heavy atom. The lowest BCUT2D eigenvalue weighted by Gasteiger charge is -2.28. The molecule has 2 heterocycles. The number of fused-ring (bicyclic) bond motifs is 4. The summed E-state index contributed by atoms with van der Waals surface area (Å²) >= 11 is 0. The van der Waals surface area contributed by atoms with Crippen molar-refractivity contribution in [2.24, 2.45) is 7.05 Å². The lowest BCUT2D eigenvalue weighted by Crippen LogP contribution is -2.38. The normalized spacial score (nSPS) is 15.9. The number of ether oxygens (including phenoxy) is 1. The van der Waals surface area contributed by atoms with Crippen LogP contribution in [0.4, 0.5) is 0 Å². The van der Waals surface area contributed by atoms with E-state index in [2.05, 4.69) is 0 Å². The van der Waals surface area contributed by atoms with Crippen LogP contribution in [0.15, 0.2) is 38.7 Å². The van der Waals surface area contributed by atoms with Gasteiger partial charge in [-0.2, -0.15) is 0 Å². The number of aliphatic hydroxyl groups is 1. The van der Waals surface area contributed by atoms with Crippen LogP contribution in [-0.4, -0.2) is 20.4 Å². The van der Waals surface area contributed by atoms with Gasteiger partial charge in [-0.05, 0) is 45.1 Å². The molecule has 2 N–H and O–H groups in total. The van der Waals surface area contributed by atoms with Crippen LogP contribution in [0.5, 0.6) is 11.5 Å². The van der Waals surface area contributed by atoms with Crippen LogP contribution in [0.2, 0.25) is 0 Å². The van der Waals surface area contributed by atoms with E-state index in [1.54, 1.807) is 13.1 Å². The van der Waals surface area contributed by atoms with Crippen LogP contribution >= 0.6 is 0 Å². The maximum absolute atomic E-state index is 13.1. The Hall–Kier alpha value is -3.61. The molecule has 0 bridgehead atoms. The van der Waals surface area contributed by atoms with Crippen molar-refractivity contribution in [1.82, 2.24) is 4.57 Å². The highest BCUT2D eigenvalue weighted by Gasteiger charge is 2.27. The van der Waals surface area contributed by atoms with E-state index >= 15 is 0 Å². The molecule has 0 aliphatic carbocycles. The molecule has 7 nitrogen and oxygen atoms in total. The molecule has 148 valence electrons. The van der Waals surface area contributed by atoms with Crippen molar-refractivity contribution in [1.29, 1.82) is 0 Å². The van der Waals surface area contributed by atoms with Gasteiger partial charge in [-0.3, -0.25) is 14.4 Å². The predicted octanol–water partition coefficient (Wildman–Crippen LogP) is 1.71. The SMILES string of the molecule is C/C(O)=c1/c(=O)ccc2c(O)c3c(=O)cc4c(c3n(C)c2c1=O)C=CC(C)(C)O4. The van der Waals surface area contributed by atoms with Crippen molar-refractivity contribution in [3.8, 4) is 11.5 Å². The number of hydrogen-bond acceptors (Lipinski definition) is 6. The van der Waals surface area contributed by atoms with E-state index in [9.17, 15) is 24.6 Å². The molecule has 0 atom stereocenters. The fourth-order valence-corrected chi connectivity index (χ4v) is 3.85. The molecule has 0 amide bonds. The Kier molecular flexibility index (Phi) is 3.84. The second kappa shape index (κ2) is 5.94. The number of hydrogen-bond donors (Lipinski definition) is 2. The van der Waals surface area contributed by atoms with Crippen LogP contribution in [0, 0.1) is 0 Å². The lowest BCUT2D eigenvalue weighted by molar-refractivity contribution is 0.159. The zero-order valence-electron chi connectivity index (χ0n) is 16.4. The van der Waals surface area contributed by atoms with Crippen molar-refractivity contribution in [3.05, 3.63) is 65.7 Å². The van der Waals surface area contributed by atoms with E-state index in [-0.39, 0.29) is 21.5 Å². The van der Waals surface area contributed by atoms with Crippen molar-refractivity contribution in [3.63, 3.8) is 0 Å². The van der Waals surface area contributed by atoms with Crippen molar-refractivity contribution < 1.29 is 14.9 Å². The van der Waals surface area contributed by atoms with Gasteiger partial charge in [0.1, 0.15) is 33.6 Å². The maximum Gasteiger partial charge on any atom is 0.217 e. The van der Waals surface area contributed by atoms with Gasteiger partial charge in [0.2, 0.25) is 5.43 Å². The molecule has 0 saturated heterocycles. The minimum atomic E-state index is -0.735. The number of aromatic hydroxyl groups is 1. The Morgan fingerprint density at radius 1 is 1.10 bits per heavy atom. The first-order chi connectivity index (χ1) is 13.5. The molecule has 0 fully saturated rings. The molecule has 2 aromatic carbocycles. The Morgan fingerprint density at radius 2 is 1.79 bits per heavy atom. The average Bonchev–Trinajstić information content (AvgIpc) is 2.74. The highest BCUT2D eigenvalue weighted by Crippen LogP contribution is 2.38. The van der Waals surface area contributed by atoms with Gasteiger partial charge in [0.25, 0.3) is 0 Å². The molecule has 4 rings (SSSR count). The monoisotopic (exact) mass is 393 g/mol. The van der Waals surface area contributed by atoms with Gasteiger partial charge >= 0.3 is 0 Å². The standard InChI is InChI=1S/C22H19NO6/c1-10(24)16-13(25)6-5-12-19(21(16)28)23(4)18-11-7-8-22(2,3)29-15(11)9-14(26)17(18)20(12)27/h5-9,24,27H,1-4H3/b16-10+. The van der Waals surface area contributed by atoms with E-state index in [0.29, 0.717) is 16.8 Å². The first kappa shape index (κ1) is 18.7. The second-order valence-electron chi connectivity index (χ2n) is 7.71. The van der Waals surface area contributed by atoms with Crippen molar-refractivity contribution in [2.75, 3.05) is 0 Å². The molecule has 1 aromatic heterocycles. The minimum absolute atomic E-state index is 0.00784. The average molecular weight is 393 g/mol. The number of benzene rings is 1. The topological polar surface area (TPSA) is 106 Å². The zero-order valence-corrected chi connectivity index (χ0v) is 16.4. The van der Waals surface area contributed by atoms with Gasteiger partial charge in [0, 0.05) is 24.1 Å². The van der Waals surface area contributed by atoms with E-state index in [0.717, 1.165) is 6.07 Å². The number of nitrogens with zero attached hydrogens (tertiary/aromatic N) is 1. The Labute approximate surface area is 164 Å². The van der Waals surface area contributed by atoms with Gasteiger partial charge < -0.3 is 19.5 Å².